The van der Waals surface area contributed by atoms with Crippen LogP contribution in [0.1, 0.15) is 12.0 Å². The lowest BCUT2D eigenvalue weighted by Gasteiger charge is -2.10. The van der Waals surface area contributed by atoms with Gasteiger partial charge in [-0.2, -0.15) is 0 Å². The summed E-state index contributed by atoms with van der Waals surface area (Å²) in [6.45, 7) is 1.89. The van der Waals surface area contributed by atoms with Crippen molar-refractivity contribution in [3.05, 3.63) is 35.9 Å². The molecule has 3 aromatic rings. The normalized spacial score (nSPS) is 18.6. The van der Waals surface area contributed by atoms with Crippen molar-refractivity contribution >= 4 is 22.6 Å². The third-order valence-corrected chi connectivity index (χ3v) is 4.91. The van der Waals surface area contributed by atoms with E-state index in [9.17, 15) is 13.6 Å². The molecule has 2 atom stereocenters. The number of carbonyl (C=O) groups excluding carboxylic acids is 1. The molecule has 0 saturated heterocycles. The number of anilines is 1. The molecule has 27 heavy (non-hydrogen) atoms. The topological polar surface area (TPSA) is 69.0 Å². The van der Waals surface area contributed by atoms with Gasteiger partial charge in [-0.3, -0.25) is 4.79 Å². The Morgan fingerprint density at radius 3 is 2.74 bits per heavy atom. The maximum absolute atomic E-state index is 13.8. The summed E-state index contributed by atoms with van der Waals surface area (Å²) in [7, 11) is 3.32. The van der Waals surface area contributed by atoms with E-state index < -0.39 is 17.9 Å². The van der Waals surface area contributed by atoms with Crippen LogP contribution in [0.25, 0.3) is 22.2 Å². The maximum atomic E-state index is 13.8. The number of methoxy groups -OCH3 is 1. The van der Waals surface area contributed by atoms with Crippen LogP contribution in [0.5, 0.6) is 5.88 Å². The molecule has 1 aliphatic carbocycles. The maximum Gasteiger partial charge on any atom is 0.231 e. The molecule has 140 valence electrons. The summed E-state index contributed by atoms with van der Waals surface area (Å²) in [6, 6.07) is 3.11. The number of nitrogens with zero attached hydrogens (tertiary/aromatic N) is 3. The first-order chi connectivity index (χ1) is 12.9. The molecule has 6 nitrogen and oxygen atoms in total. The van der Waals surface area contributed by atoms with E-state index in [1.54, 1.807) is 12.3 Å². The number of aromatic nitrogens is 3. The highest BCUT2D eigenvalue weighted by Crippen LogP contribution is 2.38. The summed E-state index contributed by atoms with van der Waals surface area (Å²) in [6.07, 6.45) is 1.92. The number of fused-ring (bicyclic) bond motifs is 1. The van der Waals surface area contributed by atoms with E-state index in [1.807, 2.05) is 18.5 Å². The summed E-state index contributed by atoms with van der Waals surface area (Å²) in [5.41, 5.74) is 2.94. The second-order valence-electron chi connectivity index (χ2n) is 6.68. The van der Waals surface area contributed by atoms with Crippen LogP contribution in [0.15, 0.2) is 24.5 Å². The van der Waals surface area contributed by atoms with Gasteiger partial charge >= 0.3 is 0 Å². The molecule has 8 heteroatoms. The molecule has 0 spiro atoms. The van der Waals surface area contributed by atoms with Gasteiger partial charge in [-0.25, -0.2) is 18.7 Å². The van der Waals surface area contributed by atoms with Crippen LogP contribution in [-0.4, -0.2) is 33.7 Å². The zero-order chi connectivity index (χ0) is 19.3. The number of aryl methyl sites for hydroxylation is 2. The number of rotatable bonds is 4. The molecule has 4 rings (SSSR count). The van der Waals surface area contributed by atoms with Crippen molar-refractivity contribution < 1.29 is 18.3 Å². The van der Waals surface area contributed by atoms with Gasteiger partial charge in [0.15, 0.2) is 0 Å². The van der Waals surface area contributed by atoms with E-state index in [2.05, 4.69) is 15.3 Å². The van der Waals surface area contributed by atoms with Gasteiger partial charge in [0.05, 0.1) is 42.2 Å². The van der Waals surface area contributed by atoms with Crippen LogP contribution in [0.4, 0.5) is 14.6 Å². The Balaban J connectivity index is 1.79. The number of halogens is 2. The Kier molecular flexibility index (Phi) is 4.05. The summed E-state index contributed by atoms with van der Waals surface area (Å²) in [4.78, 5) is 20.2. The summed E-state index contributed by atoms with van der Waals surface area (Å²) in [5.74, 6) is -0.741. The average molecular weight is 372 g/mol. The smallest absolute Gasteiger partial charge is 0.231 e. The molecule has 1 N–H and O–H groups in total. The number of hydrogen-bond acceptors (Lipinski definition) is 4. The van der Waals surface area contributed by atoms with Gasteiger partial charge < -0.3 is 14.6 Å². The number of carbonyl (C=O) groups is 1. The van der Waals surface area contributed by atoms with Crippen molar-refractivity contribution in [1.82, 2.24) is 14.5 Å². The van der Waals surface area contributed by atoms with Crippen molar-refractivity contribution in [1.29, 1.82) is 0 Å². The highest BCUT2D eigenvalue weighted by Gasteiger charge is 2.43. The first-order valence-electron chi connectivity index (χ1n) is 8.50. The van der Waals surface area contributed by atoms with E-state index in [0.717, 1.165) is 28.4 Å². The fraction of sp³-hybridized carbons (Fsp3) is 0.316. The Hall–Kier alpha value is -3.03. The van der Waals surface area contributed by atoms with Gasteiger partial charge in [0.2, 0.25) is 11.8 Å². The Bertz CT molecular complexity index is 1060. The van der Waals surface area contributed by atoms with Crippen molar-refractivity contribution in [3.8, 4) is 17.1 Å². The number of amides is 1. The number of alkyl halides is 1. The molecule has 2 unspecified atom stereocenters. The second-order valence-corrected chi connectivity index (χ2v) is 6.68. The monoisotopic (exact) mass is 372 g/mol. The molecule has 1 saturated carbocycles. The van der Waals surface area contributed by atoms with Crippen LogP contribution >= 0.6 is 0 Å². The van der Waals surface area contributed by atoms with Gasteiger partial charge in [0, 0.05) is 12.4 Å². The third kappa shape index (κ3) is 2.90. The van der Waals surface area contributed by atoms with Crippen molar-refractivity contribution in [3.63, 3.8) is 0 Å². The van der Waals surface area contributed by atoms with E-state index in [1.165, 1.54) is 13.2 Å². The van der Waals surface area contributed by atoms with Gasteiger partial charge in [-0.15, -0.1) is 0 Å². The highest BCUT2D eigenvalue weighted by atomic mass is 19.1. The first-order valence-corrected chi connectivity index (χ1v) is 8.50. The Morgan fingerprint density at radius 1 is 1.33 bits per heavy atom. The van der Waals surface area contributed by atoms with Crippen molar-refractivity contribution in [2.45, 2.75) is 19.5 Å². The van der Waals surface area contributed by atoms with Gasteiger partial charge in [-0.1, -0.05) is 0 Å². The van der Waals surface area contributed by atoms with Crippen LogP contribution in [0, 0.1) is 18.7 Å². The van der Waals surface area contributed by atoms with Gasteiger partial charge in [0.1, 0.15) is 17.8 Å². The predicted octanol–water partition coefficient (Wildman–Crippen LogP) is 3.39. The highest BCUT2D eigenvalue weighted by molar-refractivity contribution is 5.98. The number of hydrogen-bond donors (Lipinski definition) is 1. The van der Waals surface area contributed by atoms with Crippen LogP contribution in [0.2, 0.25) is 0 Å². The Morgan fingerprint density at radius 2 is 2.07 bits per heavy atom. The van der Waals surface area contributed by atoms with Crippen LogP contribution in [0.3, 0.4) is 0 Å². The number of pyridine rings is 2. The molecule has 0 bridgehead atoms. The largest absolute Gasteiger partial charge is 0.481 e. The molecule has 1 aliphatic rings. The summed E-state index contributed by atoms with van der Waals surface area (Å²) >= 11 is 0. The molecular formula is C19H18F2N4O2. The lowest BCUT2D eigenvalue weighted by atomic mass is 10.1. The van der Waals surface area contributed by atoms with E-state index in [0.29, 0.717) is 17.3 Å². The Labute approximate surface area is 154 Å². The summed E-state index contributed by atoms with van der Waals surface area (Å²) in [5, 5.41) is 3.50. The second kappa shape index (κ2) is 6.29. The molecule has 0 aromatic carbocycles. The molecule has 3 heterocycles. The van der Waals surface area contributed by atoms with E-state index in [4.69, 9.17) is 4.74 Å². The average Bonchev–Trinajstić information content (AvgIpc) is 3.33. The fourth-order valence-electron chi connectivity index (χ4n) is 3.38. The van der Waals surface area contributed by atoms with E-state index >= 15 is 0 Å². The lowest BCUT2D eigenvalue weighted by Crippen LogP contribution is -2.15. The minimum atomic E-state index is -1.06. The predicted molar refractivity (Wildman–Crippen MR) is 96.8 cm³/mol. The quantitative estimate of drug-likeness (QED) is 0.762. The zero-order valence-corrected chi connectivity index (χ0v) is 15.1. The third-order valence-electron chi connectivity index (χ3n) is 4.91. The molecule has 3 aromatic heterocycles. The van der Waals surface area contributed by atoms with Gasteiger partial charge in [0.25, 0.3) is 0 Å². The first kappa shape index (κ1) is 17.4. The minimum absolute atomic E-state index is 0.259. The van der Waals surface area contributed by atoms with Crippen molar-refractivity contribution in [2.24, 2.45) is 13.0 Å². The van der Waals surface area contributed by atoms with Crippen molar-refractivity contribution in [2.75, 3.05) is 12.4 Å². The van der Waals surface area contributed by atoms with Gasteiger partial charge in [-0.05, 0) is 31.0 Å². The molecular weight excluding hydrogens is 354 g/mol. The van der Waals surface area contributed by atoms with E-state index in [-0.39, 0.29) is 12.3 Å². The summed E-state index contributed by atoms with van der Waals surface area (Å²) < 4.78 is 34.0. The molecule has 0 radical (unpaired) electrons. The minimum Gasteiger partial charge on any atom is -0.481 e. The lowest BCUT2D eigenvalue weighted by molar-refractivity contribution is -0.117. The van der Waals surface area contributed by atoms with Crippen LogP contribution in [-0.2, 0) is 11.8 Å². The molecule has 0 aliphatic heterocycles. The zero-order valence-electron chi connectivity index (χ0n) is 15.1. The molecule has 1 fully saturated rings. The number of ether oxygens (including phenoxy) is 1. The fourth-order valence-corrected chi connectivity index (χ4v) is 3.38. The molecule has 1 amide bonds. The number of nitrogens with one attached hydrogen (secondary N) is 1. The SMILES string of the molecule is COc1ncc(F)cc1-c1c(C)c2cc(NC(=O)C3CC3F)ncc2n1C. The standard InChI is InChI=1S/C19H18F2N4O2/c1-9-11-6-16(24-18(26)12-5-14(12)21)22-8-15(11)25(2)17(9)13-4-10(20)7-23-19(13)27-3/h4,6-8,12,14H,5H2,1-3H3,(H,22,24,26). The van der Waals surface area contributed by atoms with Crippen LogP contribution < -0.4 is 10.1 Å².